The largest absolute Gasteiger partial charge is 0.494 e. The molecule has 4 heteroatoms. The van der Waals surface area contributed by atoms with E-state index in [0.29, 0.717) is 23.8 Å². The predicted molar refractivity (Wildman–Crippen MR) is 142 cm³/mol. The first-order valence-corrected chi connectivity index (χ1v) is 13.2. The van der Waals surface area contributed by atoms with Crippen molar-refractivity contribution in [2.24, 2.45) is 17.8 Å². The minimum absolute atomic E-state index is 0.111. The molecule has 3 rings (SSSR count). The first-order valence-electron chi connectivity index (χ1n) is 13.2. The van der Waals surface area contributed by atoms with Gasteiger partial charge in [0.1, 0.15) is 11.5 Å². The minimum Gasteiger partial charge on any atom is -0.494 e. The average Bonchev–Trinajstić information content (AvgIpc) is 2.85. The van der Waals surface area contributed by atoms with Crippen molar-refractivity contribution in [1.29, 1.82) is 0 Å². The molecule has 4 nitrogen and oxygen atoms in total. The van der Waals surface area contributed by atoms with Gasteiger partial charge in [0.25, 0.3) is 0 Å². The standard InChI is InChI=1S/C31H40O4/c1-5-6-7-8-9-20-34-26-17-13-25(14-18-26)31(33)35-27-15-11-24(12-16-27)21-29-23(4)10-19-28(22(2)3)30(29)32/h11-18,21-23,28H,5-10,19-20H2,1-4H3/b29-21-. The van der Waals surface area contributed by atoms with E-state index in [1.807, 2.05) is 30.3 Å². The number of hydrogen-bond acceptors (Lipinski definition) is 4. The van der Waals surface area contributed by atoms with Crippen LogP contribution in [0, 0.1) is 17.8 Å². The summed E-state index contributed by atoms with van der Waals surface area (Å²) in [5.41, 5.74) is 2.33. The van der Waals surface area contributed by atoms with Gasteiger partial charge in [-0.05, 0) is 84.7 Å². The normalized spacial score (nSPS) is 19.2. The van der Waals surface area contributed by atoms with Crippen LogP contribution < -0.4 is 9.47 Å². The summed E-state index contributed by atoms with van der Waals surface area (Å²) in [6.07, 6.45) is 9.99. The number of unbranched alkanes of at least 4 members (excludes halogenated alkanes) is 4. The van der Waals surface area contributed by atoms with E-state index in [-0.39, 0.29) is 17.6 Å². The Hall–Kier alpha value is -2.88. The minimum atomic E-state index is -0.405. The molecular formula is C31H40O4. The molecule has 0 spiro atoms. The molecule has 2 aromatic carbocycles. The molecule has 2 aromatic rings. The average molecular weight is 477 g/mol. The van der Waals surface area contributed by atoms with Crippen LogP contribution in [0.3, 0.4) is 0 Å². The molecular weight excluding hydrogens is 436 g/mol. The molecule has 0 amide bonds. The van der Waals surface area contributed by atoms with Gasteiger partial charge in [0, 0.05) is 5.92 Å². The Morgan fingerprint density at radius 3 is 2.26 bits per heavy atom. The van der Waals surface area contributed by atoms with Crippen molar-refractivity contribution in [3.05, 3.63) is 65.2 Å². The van der Waals surface area contributed by atoms with Crippen molar-refractivity contribution >= 4 is 17.8 Å². The first-order chi connectivity index (χ1) is 16.9. The topological polar surface area (TPSA) is 52.6 Å². The highest BCUT2D eigenvalue weighted by Gasteiger charge is 2.32. The smallest absolute Gasteiger partial charge is 0.343 e. The maximum absolute atomic E-state index is 12.9. The van der Waals surface area contributed by atoms with Crippen molar-refractivity contribution in [2.45, 2.75) is 72.6 Å². The van der Waals surface area contributed by atoms with E-state index in [1.165, 1.54) is 25.7 Å². The predicted octanol–water partition coefficient (Wildman–Crippen LogP) is 7.91. The van der Waals surface area contributed by atoms with E-state index in [2.05, 4.69) is 27.7 Å². The quantitative estimate of drug-likeness (QED) is 0.143. The van der Waals surface area contributed by atoms with E-state index in [9.17, 15) is 9.59 Å². The lowest BCUT2D eigenvalue weighted by atomic mass is 9.73. The number of hydrogen-bond donors (Lipinski definition) is 0. The van der Waals surface area contributed by atoms with Crippen molar-refractivity contribution < 1.29 is 19.1 Å². The second-order valence-electron chi connectivity index (χ2n) is 10.0. The molecule has 1 saturated carbocycles. The second kappa shape index (κ2) is 13.3. The molecule has 188 valence electrons. The summed E-state index contributed by atoms with van der Waals surface area (Å²) in [6, 6.07) is 14.4. The van der Waals surface area contributed by atoms with Crippen LogP contribution in [-0.4, -0.2) is 18.4 Å². The Morgan fingerprint density at radius 1 is 0.943 bits per heavy atom. The molecule has 2 atom stereocenters. The van der Waals surface area contributed by atoms with E-state index in [1.54, 1.807) is 24.3 Å². The van der Waals surface area contributed by atoms with Crippen LogP contribution in [0.25, 0.3) is 6.08 Å². The third-order valence-electron chi connectivity index (χ3n) is 6.89. The summed E-state index contributed by atoms with van der Waals surface area (Å²) in [5.74, 6) is 1.85. The molecule has 0 bridgehead atoms. The van der Waals surface area contributed by atoms with Crippen molar-refractivity contribution in [3.63, 3.8) is 0 Å². The van der Waals surface area contributed by atoms with Crippen molar-refractivity contribution in [2.75, 3.05) is 6.61 Å². The summed E-state index contributed by atoms with van der Waals surface area (Å²) in [4.78, 5) is 25.5. The number of carbonyl (C=O) groups is 2. The van der Waals surface area contributed by atoms with Crippen LogP contribution in [0.5, 0.6) is 11.5 Å². The van der Waals surface area contributed by atoms with Crippen LogP contribution in [-0.2, 0) is 4.79 Å². The summed E-state index contributed by atoms with van der Waals surface area (Å²) in [6.45, 7) is 9.27. The molecule has 0 radical (unpaired) electrons. The molecule has 1 fully saturated rings. The van der Waals surface area contributed by atoms with Crippen molar-refractivity contribution in [1.82, 2.24) is 0 Å². The Morgan fingerprint density at radius 2 is 1.60 bits per heavy atom. The SMILES string of the molecule is CCCCCCCOc1ccc(C(=O)Oc2ccc(/C=C3\C(=O)C(C(C)C)CCC3C)cc2)cc1. The Labute approximate surface area is 210 Å². The van der Waals surface area contributed by atoms with Crippen LogP contribution in [0.2, 0.25) is 0 Å². The molecule has 35 heavy (non-hydrogen) atoms. The summed E-state index contributed by atoms with van der Waals surface area (Å²) in [5, 5.41) is 0. The lowest BCUT2D eigenvalue weighted by molar-refractivity contribution is -0.122. The van der Waals surface area contributed by atoms with E-state index in [4.69, 9.17) is 9.47 Å². The number of benzene rings is 2. The number of ether oxygens (including phenoxy) is 2. The Kier molecular flexibility index (Phi) is 10.1. The fourth-order valence-electron chi connectivity index (χ4n) is 4.58. The van der Waals surface area contributed by atoms with Gasteiger partial charge >= 0.3 is 5.97 Å². The van der Waals surface area contributed by atoms with Crippen LogP contribution in [0.1, 0.15) is 88.6 Å². The fraction of sp³-hybridized carbons (Fsp3) is 0.484. The zero-order chi connectivity index (χ0) is 25.2. The third-order valence-corrected chi connectivity index (χ3v) is 6.89. The van der Waals surface area contributed by atoms with Gasteiger partial charge in [0.05, 0.1) is 12.2 Å². The maximum Gasteiger partial charge on any atom is 0.343 e. The highest BCUT2D eigenvalue weighted by molar-refractivity contribution is 6.02. The number of esters is 1. The lowest BCUT2D eigenvalue weighted by Gasteiger charge is -2.30. The zero-order valence-corrected chi connectivity index (χ0v) is 21.7. The van der Waals surface area contributed by atoms with Gasteiger partial charge in [0.15, 0.2) is 5.78 Å². The van der Waals surface area contributed by atoms with E-state index >= 15 is 0 Å². The van der Waals surface area contributed by atoms with Gasteiger partial charge in [0.2, 0.25) is 0 Å². The summed E-state index contributed by atoms with van der Waals surface area (Å²) < 4.78 is 11.3. The molecule has 0 aliphatic heterocycles. The second-order valence-corrected chi connectivity index (χ2v) is 10.0. The van der Waals surface area contributed by atoms with Gasteiger partial charge in [-0.25, -0.2) is 4.79 Å². The number of rotatable bonds is 11. The van der Waals surface area contributed by atoms with Crippen molar-refractivity contribution in [3.8, 4) is 11.5 Å². The molecule has 1 aliphatic rings. The van der Waals surface area contributed by atoms with Gasteiger partial charge < -0.3 is 9.47 Å². The van der Waals surface area contributed by atoms with Crippen LogP contribution in [0.4, 0.5) is 0 Å². The summed E-state index contributed by atoms with van der Waals surface area (Å²) >= 11 is 0. The molecule has 0 saturated heterocycles. The fourth-order valence-corrected chi connectivity index (χ4v) is 4.58. The number of allylic oxidation sites excluding steroid dienone is 1. The molecule has 1 aliphatic carbocycles. The Bertz CT molecular complexity index is 986. The molecule has 0 N–H and O–H groups in total. The highest BCUT2D eigenvalue weighted by Crippen LogP contribution is 2.35. The van der Waals surface area contributed by atoms with Gasteiger partial charge in [-0.3, -0.25) is 4.79 Å². The third kappa shape index (κ3) is 7.81. The first kappa shape index (κ1) is 26.7. The highest BCUT2D eigenvalue weighted by atomic mass is 16.5. The Balaban J connectivity index is 1.54. The number of carbonyl (C=O) groups excluding carboxylic acids is 2. The van der Waals surface area contributed by atoms with Gasteiger partial charge in [-0.2, -0.15) is 0 Å². The lowest BCUT2D eigenvalue weighted by Crippen LogP contribution is -2.30. The van der Waals surface area contributed by atoms with E-state index in [0.717, 1.165) is 36.1 Å². The van der Waals surface area contributed by atoms with E-state index < -0.39 is 5.97 Å². The van der Waals surface area contributed by atoms with Gasteiger partial charge in [-0.1, -0.05) is 65.5 Å². The molecule has 0 heterocycles. The number of Topliss-reactive ketones (excluding diaryl/α,β-unsaturated/α-hetero) is 1. The monoisotopic (exact) mass is 476 g/mol. The van der Waals surface area contributed by atoms with Crippen LogP contribution >= 0.6 is 0 Å². The van der Waals surface area contributed by atoms with Crippen LogP contribution in [0.15, 0.2) is 54.1 Å². The molecule has 0 aromatic heterocycles. The summed E-state index contributed by atoms with van der Waals surface area (Å²) in [7, 11) is 0. The molecule has 2 unspecified atom stereocenters. The van der Waals surface area contributed by atoms with Gasteiger partial charge in [-0.15, -0.1) is 0 Å². The zero-order valence-electron chi connectivity index (χ0n) is 21.7. The number of ketones is 1. The maximum atomic E-state index is 12.9.